The third-order valence-corrected chi connectivity index (χ3v) is 2.10. The number of amides is 1. The van der Waals surface area contributed by atoms with E-state index in [0.717, 1.165) is 5.39 Å². The van der Waals surface area contributed by atoms with Gasteiger partial charge in [0.25, 0.3) is 0 Å². The van der Waals surface area contributed by atoms with Crippen LogP contribution < -0.4 is 5.43 Å². The van der Waals surface area contributed by atoms with E-state index in [1.807, 2.05) is 12.1 Å². The first-order valence-electron chi connectivity index (χ1n) is 4.59. The van der Waals surface area contributed by atoms with E-state index in [1.54, 1.807) is 6.07 Å². The zero-order valence-electron chi connectivity index (χ0n) is 8.27. The van der Waals surface area contributed by atoms with Crippen LogP contribution in [0.3, 0.4) is 0 Å². The van der Waals surface area contributed by atoms with Gasteiger partial charge in [0.15, 0.2) is 0 Å². The van der Waals surface area contributed by atoms with Gasteiger partial charge in [0.05, 0.1) is 6.21 Å². The van der Waals surface area contributed by atoms with E-state index in [1.165, 1.54) is 12.3 Å². The summed E-state index contributed by atoms with van der Waals surface area (Å²) in [7, 11) is 0. The van der Waals surface area contributed by atoms with Gasteiger partial charge >= 0.3 is 0 Å². The molecule has 78 valence electrons. The summed E-state index contributed by atoms with van der Waals surface area (Å²) in [6.07, 6.45) is 1.94. The molecule has 16 heavy (non-hydrogen) atoms. The molecular weight excluding hydrogens is 204 g/mol. The maximum absolute atomic E-state index is 10.0. The molecule has 0 saturated carbocycles. The molecule has 4 heteroatoms. The number of fused-ring (bicyclic) bond motifs is 1. The third kappa shape index (κ3) is 1.79. The minimum atomic E-state index is 0.113. The lowest BCUT2D eigenvalue weighted by Crippen LogP contribution is -2.00. The second-order valence-electron chi connectivity index (χ2n) is 3.07. The van der Waals surface area contributed by atoms with Crippen molar-refractivity contribution in [2.45, 2.75) is 0 Å². The van der Waals surface area contributed by atoms with Gasteiger partial charge in [-0.1, -0.05) is 24.3 Å². The van der Waals surface area contributed by atoms with Gasteiger partial charge in [-0.25, -0.2) is 5.43 Å². The third-order valence-electron chi connectivity index (χ3n) is 2.10. The second kappa shape index (κ2) is 4.32. The zero-order chi connectivity index (χ0) is 11.4. The Labute approximate surface area is 92.2 Å². The van der Waals surface area contributed by atoms with E-state index in [0.29, 0.717) is 17.4 Å². The van der Waals surface area contributed by atoms with Gasteiger partial charge in [-0.05, 0) is 6.07 Å². The van der Waals surface area contributed by atoms with Crippen molar-refractivity contribution in [2.24, 2.45) is 5.10 Å². The van der Waals surface area contributed by atoms with Crippen LogP contribution in [0.1, 0.15) is 5.56 Å². The predicted molar refractivity (Wildman–Crippen MR) is 60.1 cm³/mol. The molecule has 0 bridgehead atoms. The highest BCUT2D eigenvalue weighted by atomic mass is 16.3. The van der Waals surface area contributed by atoms with Crippen molar-refractivity contribution in [3.63, 3.8) is 0 Å². The fourth-order valence-electron chi connectivity index (χ4n) is 1.46. The van der Waals surface area contributed by atoms with Gasteiger partial charge in [-0.2, -0.15) is 5.10 Å². The van der Waals surface area contributed by atoms with E-state index in [9.17, 15) is 9.90 Å². The van der Waals surface area contributed by atoms with Crippen LogP contribution in [0.15, 0.2) is 29.4 Å². The number of carbonyl (C=O) groups is 1. The fourth-order valence-corrected chi connectivity index (χ4v) is 1.46. The van der Waals surface area contributed by atoms with Gasteiger partial charge in [0.1, 0.15) is 5.75 Å². The molecule has 0 aliphatic heterocycles. The number of hydrogen-bond acceptors (Lipinski definition) is 3. The lowest BCUT2D eigenvalue weighted by molar-refractivity contribution is -0.109. The Morgan fingerprint density at radius 2 is 2.31 bits per heavy atom. The summed E-state index contributed by atoms with van der Waals surface area (Å²) in [6, 6.07) is 12.4. The summed E-state index contributed by atoms with van der Waals surface area (Å²) < 4.78 is 0. The molecule has 1 amide bonds. The Morgan fingerprint density at radius 3 is 3.12 bits per heavy atom. The average Bonchev–Trinajstić information content (AvgIpc) is 2.30. The Kier molecular flexibility index (Phi) is 2.70. The van der Waals surface area contributed by atoms with Crippen LogP contribution in [-0.2, 0) is 4.79 Å². The predicted octanol–water partition coefficient (Wildman–Crippen LogP) is 1.23. The maximum atomic E-state index is 10.0. The van der Waals surface area contributed by atoms with E-state index in [4.69, 9.17) is 0 Å². The summed E-state index contributed by atoms with van der Waals surface area (Å²) in [5.74, 6) is 0.113. The highest BCUT2D eigenvalue weighted by Gasteiger charge is 2.02. The van der Waals surface area contributed by atoms with Crippen molar-refractivity contribution >= 4 is 23.4 Å². The summed E-state index contributed by atoms with van der Waals surface area (Å²) >= 11 is 0. The normalized spacial score (nSPS) is 10.2. The molecule has 0 aliphatic carbocycles. The van der Waals surface area contributed by atoms with Crippen molar-refractivity contribution < 1.29 is 9.90 Å². The summed E-state index contributed by atoms with van der Waals surface area (Å²) in [5, 5.41) is 14.8. The van der Waals surface area contributed by atoms with Crippen LogP contribution >= 0.6 is 0 Å². The maximum Gasteiger partial charge on any atom is 0.227 e. The van der Waals surface area contributed by atoms with E-state index in [-0.39, 0.29) is 5.75 Å². The molecular formula is C12H8N2O2. The Balaban J connectivity index is 2.56. The van der Waals surface area contributed by atoms with Crippen LogP contribution in [0, 0.1) is 12.1 Å². The number of nitrogens with one attached hydrogen (secondary N) is 1. The first kappa shape index (κ1) is 9.99. The topological polar surface area (TPSA) is 61.7 Å². The van der Waals surface area contributed by atoms with Crippen LogP contribution in [0.5, 0.6) is 5.75 Å². The lowest BCUT2D eigenvalue weighted by atomic mass is 10.1. The van der Waals surface area contributed by atoms with Crippen molar-refractivity contribution in [3.05, 3.63) is 42.0 Å². The van der Waals surface area contributed by atoms with E-state index < -0.39 is 0 Å². The van der Waals surface area contributed by atoms with Crippen molar-refractivity contribution in [1.82, 2.24) is 5.43 Å². The van der Waals surface area contributed by atoms with Crippen LogP contribution in [-0.4, -0.2) is 17.7 Å². The smallest absolute Gasteiger partial charge is 0.227 e. The Bertz CT molecular complexity index is 544. The van der Waals surface area contributed by atoms with Crippen LogP contribution in [0.25, 0.3) is 10.8 Å². The molecule has 0 atom stereocenters. The van der Waals surface area contributed by atoms with E-state index >= 15 is 0 Å². The number of aromatic hydroxyl groups is 1. The summed E-state index contributed by atoms with van der Waals surface area (Å²) in [6.45, 7) is 0. The van der Waals surface area contributed by atoms with Gasteiger partial charge in [0, 0.05) is 22.4 Å². The van der Waals surface area contributed by atoms with Gasteiger partial charge in [-0.3, -0.25) is 4.79 Å². The highest BCUT2D eigenvalue weighted by molar-refractivity contribution is 6.02. The molecule has 0 heterocycles. The molecule has 0 aromatic heterocycles. The van der Waals surface area contributed by atoms with Gasteiger partial charge in [0.2, 0.25) is 6.41 Å². The van der Waals surface area contributed by atoms with Crippen molar-refractivity contribution in [3.8, 4) is 5.75 Å². The Morgan fingerprint density at radius 1 is 1.44 bits per heavy atom. The number of benzene rings is 1. The second-order valence-corrected chi connectivity index (χ2v) is 3.07. The standard InChI is InChI=1S/C12H8N2O2/c15-8-14-13-7-10-5-1-3-9-4-2-6-11(16)12(9)10/h1,3,5-8,16H,(H,14,15)/b13-7-. The summed E-state index contributed by atoms with van der Waals surface area (Å²) in [4.78, 5) is 10.0. The quantitative estimate of drug-likeness (QED) is 0.456. The van der Waals surface area contributed by atoms with E-state index in [2.05, 4.69) is 22.7 Å². The molecule has 2 N–H and O–H groups in total. The number of rotatable bonds is 3. The first-order valence-corrected chi connectivity index (χ1v) is 4.59. The summed E-state index contributed by atoms with van der Waals surface area (Å²) in [5.41, 5.74) is 2.87. The fraction of sp³-hybridized carbons (Fsp3) is 0. The molecule has 0 aliphatic rings. The minimum Gasteiger partial charge on any atom is -0.507 e. The minimum absolute atomic E-state index is 0.113. The molecule has 2 aromatic rings. The molecule has 0 saturated heterocycles. The average molecular weight is 212 g/mol. The Hall–Kier alpha value is -2.54. The zero-order valence-corrected chi connectivity index (χ0v) is 8.27. The number of carbonyl (C=O) groups excluding carboxylic acids is 1. The SMILES string of the molecule is O=CN/N=C\c1cccc2c#ccc(O)c12. The van der Waals surface area contributed by atoms with Crippen LogP contribution in [0.4, 0.5) is 0 Å². The largest absolute Gasteiger partial charge is 0.507 e. The molecule has 0 fully saturated rings. The first-order chi connectivity index (χ1) is 7.83. The number of nitrogens with zero attached hydrogens (tertiary/aromatic N) is 1. The lowest BCUT2D eigenvalue weighted by Gasteiger charge is -2.01. The molecule has 2 rings (SSSR count). The van der Waals surface area contributed by atoms with Crippen molar-refractivity contribution in [1.29, 1.82) is 0 Å². The van der Waals surface area contributed by atoms with Crippen molar-refractivity contribution in [2.75, 3.05) is 0 Å². The molecule has 0 spiro atoms. The van der Waals surface area contributed by atoms with Gasteiger partial charge < -0.3 is 5.11 Å². The molecule has 0 unspecified atom stereocenters. The van der Waals surface area contributed by atoms with Gasteiger partial charge in [-0.15, -0.1) is 0 Å². The monoisotopic (exact) mass is 212 g/mol. The number of hydrazone groups is 1. The molecule has 2 aromatic carbocycles. The highest BCUT2D eigenvalue weighted by Crippen LogP contribution is 2.24. The molecule has 0 radical (unpaired) electrons. The van der Waals surface area contributed by atoms with Crippen LogP contribution in [0.2, 0.25) is 0 Å². The molecule has 4 nitrogen and oxygen atoms in total. The number of hydrogen-bond donors (Lipinski definition) is 2.